The highest BCUT2D eigenvalue weighted by atomic mass is 16.5. The molecule has 0 heterocycles. The molecule has 0 aliphatic carbocycles. The molecule has 0 saturated carbocycles. The van der Waals surface area contributed by atoms with Crippen molar-refractivity contribution in [2.75, 3.05) is 0 Å². The number of rotatable bonds is 20. The Kier molecular flexibility index (Phi) is 17.7. The van der Waals surface area contributed by atoms with Gasteiger partial charge in [-0.05, 0) is 12.8 Å². The fourth-order valence-electron chi connectivity index (χ4n) is 3.35. The first-order chi connectivity index (χ1) is 13.5. The smallest absolute Gasteiger partial charge is 0.330 e. The van der Waals surface area contributed by atoms with Crippen molar-refractivity contribution in [1.82, 2.24) is 0 Å². The van der Waals surface area contributed by atoms with E-state index >= 15 is 0 Å². The SMILES string of the molecule is C=CC(=O)OC(CCCCCCCCCCCCCCCCC)C(=C)C(N)=O. The zero-order chi connectivity index (χ0) is 21.0. The van der Waals surface area contributed by atoms with Gasteiger partial charge in [0.1, 0.15) is 6.10 Å². The van der Waals surface area contributed by atoms with Gasteiger partial charge in [-0.2, -0.15) is 0 Å². The summed E-state index contributed by atoms with van der Waals surface area (Å²) in [7, 11) is 0. The Balaban J connectivity index is 3.58. The van der Waals surface area contributed by atoms with Crippen molar-refractivity contribution < 1.29 is 14.3 Å². The Labute approximate surface area is 173 Å². The minimum atomic E-state index is -0.634. The second kappa shape index (κ2) is 18.8. The van der Waals surface area contributed by atoms with Crippen molar-refractivity contribution in [3.63, 3.8) is 0 Å². The van der Waals surface area contributed by atoms with Crippen LogP contribution in [0.5, 0.6) is 0 Å². The second-order valence-electron chi connectivity index (χ2n) is 7.76. The van der Waals surface area contributed by atoms with Crippen LogP contribution in [0.1, 0.15) is 110 Å². The molecule has 0 spiro atoms. The van der Waals surface area contributed by atoms with E-state index in [9.17, 15) is 9.59 Å². The molecular weight excluding hydrogens is 350 g/mol. The summed E-state index contributed by atoms with van der Waals surface area (Å²) in [6, 6.07) is 0. The lowest BCUT2D eigenvalue weighted by Gasteiger charge is -2.17. The molecule has 0 aliphatic heterocycles. The van der Waals surface area contributed by atoms with Crippen molar-refractivity contribution >= 4 is 11.9 Å². The van der Waals surface area contributed by atoms with Crippen molar-refractivity contribution in [3.05, 3.63) is 24.8 Å². The lowest BCUT2D eigenvalue weighted by Crippen LogP contribution is -2.27. The molecule has 0 radical (unpaired) electrons. The molecule has 4 heteroatoms. The van der Waals surface area contributed by atoms with Crippen LogP contribution in [0.25, 0.3) is 0 Å². The molecule has 0 aromatic heterocycles. The maximum absolute atomic E-state index is 11.4. The number of hydrogen-bond acceptors (Lipinski definition) is 3. The molecule has 1 atom stereocenters. The average molecular weight is 394 g/mol. The predicted molar refractivity (Wildman–Crippen MR) is 118 cm³/mol. The normalized spacial score (nSPS) is 11.8. The summed E-state index contributed by atoms with van der Waals surface area (Å²) in [5.74, 6) is -1.17. The molecule has 162 valence electrons. The number of carbonyl (C=O) groups excluding carboxylic acids is 2. The molecular formula is C24H43NO3. The third-order valence-electron chi connectivity index (χ3n) is 5.20. The molecule has 2 N–H and O–H groups in total. The molecule has 4 nitrogen and oxygen atoms in total. The first kappa shape index (κ1) is 26.4. The zero-order valence-electron chi connectivity index (χ0n) is 18.2. The number of ether oxygens (including phenoxy) is 1. The number of esters is 1. The first-order valence-corrected chi connectivity index (χ1v) is 11.3. The van der Waals surface area contributed by atoms with Gasteiger partial charge < -0.3 is 10.5 Å². The van der Waals surface area contributed by atoms with E-state index < -0.39 is 18.0 Å². The standard InChI is InChI=1S/C24H43NO3/c1-4-6-7-8-9-10-11-12-13-14-15-16-17-18-19-20-22(21(3)24(25)27)28-23(26)5-2/h5,22H,2-4,6-20H2,1H3,(H2,25,27). The average Bonchev–Trinajstić information content (AvgIpc) is 2.69. The summed E-state index contributed by atoms with van der Waals surface area (Å²) in [5, 5.41) is 0. The second-order valence-corrected chi connectivity index (χ2v) is 7.76. The van der Waals surface area contributed by atoms with Crippen LogP contribution in [-0.2, 0) is 14.3 Å². The van der Waals surface area contributed by atoms with Gasteiger partial charge in [-0.1, -0.05) is 110 Å². The molecule has 0 aromatic rings. The Hall–Kier alpha value is -1.58. The molecule has 0 fully saturated rings. The fourth-order valence-corrected chi connectivity index (χ4v) is 3.35. The fraction of sp³-hybridized carbons (Fsp3) is 0.750. The monoisotopic (exact) mass is 393 g/mol. The maximum Gasteiger partial charge on any atom is 0.330 e. The summed E-state index contributed by atoms with van der Waals surface area (Å²) >= 11 is 0. The maximum atomic E-state index is 11.4. The Morgan fingerprint density at radius 3 is 1.57 bits per heavy atom. The van der Waals surface area contributed by atoms with E-state index in [1.54, 1.807) is 0 Å². The molecule has 28 heavy (non-hydrogen) atoms. The van der Waals surface area contributed by atoms with Crippen molar-refractivity contribution in [3.8, 4) is 0 Å². The number of hydrogen-bond donors (Lipinski definition) is 1. The minimum absolute atomic E-state index is 0.153. The molecule has 1 unspecified atom stereocenters. The third-order valence-corrected chi connectivity index (χ3v) is 5.20. The Morgan fingerprint density at radius 2 is 1.21 bits per heavy atom. The van der Waals surface area contributed by atoms with Gasteiger partial charge in [0.25, 0.3) is 0 Å². The van der Waals surface area contributed by atoms with Crippen LogP contribution in [0.15, 0.2) is 24.8 Å². The Morgan fingerprint density at radius 1 is 0.821 bits per heavy atom. The minimum Gasteiger partial charge on any atom is -0.454 e. The number of amides is 1. The highest BCUT2D eigenvalue weighted by molar-refractivity contribution is 5.93. The van der Waals surface area contributed by atoms with Gasteiger partial charge in [-0.3, -0.25) is 4.79 Å². The predicted octanol–water partition coefficient (Wildman–Crippen LogP) is 6.39. The van der Waals surface area contributed by atoms with Gasteiger partial charge >= 0.3 is 5.97 Å². The van der Waals surface area contributed by atoms with Gasteiger partial charge in [-0.15, -0.1) is 0 Å². The van der Waals surface area contributed by atoms with E-state index in [1.165, 1.54) is 83.5 Å². The molecule has 0 saturated heterocycles. The largest absolute Gasteiger partial charge is 0.454 e. The summed E-state index contributed by atoms with van der Waals surface area (Å²) in [6.07, 6.45) is 20.5. The van der Waals surface area contributed by atoms with E-state index in [2.05, 4.69) is 20.1 Å². The lowest BCUT2D eigenvalue weighted by atomic mass is 10.0. The summed E-state index contributed by atoms with van der Waals surface area (Å²) in [5.41, 5.74) is 5.41. The highest BCUT2D eigenvalue weighted by Gasteiger charge is 2.19. The topological polar surface area (TPSA) is 69.4 Å². The third kappa shape index (κ3) is 15.5. The van der Waals surface area contributed by atoms with Crippen LogP contribution in [0, 0.1) is 0 Å². The van der Waals surface area contributed by atoms with Crippen LogP contribution in [0.2, 0.25) is 0 Å². The van der Waals surface area contributed by atoms with E-state index in [0.29, 0.717) is 6.42 Å². The van der Waals surface area contributed by atoms with E-state index in [4.69, 9.17) is 10.5 Å². The summed E-state index contributed by atoms with van der Waals surface area (Å²) < 4.78 is 5.18. The van der Waals surface area contributed by atoms with Crippen LogP contribution in [0.3, 0.4) is 0 Å². The number of nitrogens with two attached hydrogens (primary N) is 1. The Bertz CT molecular complexity index is 445. The van der Waals surface area contributed by atoms with Gasteiger partial charge in [0.2, 0.25) is 5.91 Å². The van der Waals surface area contributed by atoms with Crippen LogP contribution in [-0.4, -0.2) is 18.0 Å². The molecule has 0 rings (SSSR count). The van der Waals surface area contributed by atoms with E-state index in [1.807, 2.05) is 0 Å². The van der Waals surface area contributed by atoms with Gasteiger partial charge in [0.15, 0.2) is 0 Å². The van der Waals surface area contributed by atoms with E-state index in [0.717, 1.165) is 18.9 Å². The van der Waals surface area contributed by atoms with E-state index in [-0.39, 0.29) is 5.57 Å². The lowest BCUT2D eigenvalue weighted by molar-refractivity contribution is -0.142. The zero-order valence-corrected chi connectivity index (χ0v) is 18.2. The van der Waals surface area contributed by atoms with Crippen molar-refractivity contribution in [2.45, 2.75) is 116 Å². The highest BCUT2D eigenvalue weighted by Crippen LogP contribution is 2.17. The molecule has 1 amide bonds. The van der Waals surface area contributed by atoms with Crippen LogP contribution in [0.4, 0.5) is 0 Å². The van der Waals surface area contributed by atoms with Crippen LogP contribution < -0.4 is 5.73 Å². The van der Waals surface area contributed by atoms with Gasteiger partial charge in [-0.25, -0.2) is 4.79 Å². The van der Waals surface area contributed by atoms with Gasteiger partial charge in [0.05, 0.1) is 0 Å². The van der Waals surface area contributed by atoms with Crippen molar-refractivity contribution in [1.29, 1.82) is 0 Å². The summed E-state index contributed by atoms with van der Waals surface area (Å²) in [6.45, 7) is 9.28. The number of carbonyl (C=O) groups is 2. The van der Waals surface area contributed by atoms with Crippen molar-refractivity contribution in [2.24, 2.45) is 5.73 Å². The first-order valence-electron chi connectivity index (χ1n) is 11.3. The molecule has 0 aromatic carbocycles. The quantitative estimate of drug-likeness (QED) is 0.148. The molecule has 0 aliphatic rings. The molecule has 0 bridgehead atoms. The number of unbranched alkanes of at least 4 members (excludes halogenated alkanes) is 14. The van der Waals surface area contributed by atoms with Gasteiger partial charge in [0, 0.05) is 11.6 Å². The van der Waals surface area contributed by atoms with Crippen LogP contribution >= 0.6 is 0 Å². The number of primary amides is 1. The summed E-state index contributed by atoms with van der Waals surface area (Å²) in [4.78, 5) is 22.7.